The number of rotatable bonds is 7. The first-order chi connectivity index (χ1) is 13.9. The van der Waals surface area contributed by atoms with Gasteiger partial charge in [-0.2, -0.15) is 5.10 Å². The van der Waals surface area contributed by atoms with E-state index in [1.54, 1.807) is 10.9 Å². The molecule has 1 amide bonds. The van der Waals surface area contributed by atoms with E-state index < -0.39 is 0 Å². The largest absolute Gasteiger partial charge is 0.352 e. The highest BCUT2D eigenvalue weighted by molar-refractivity contribution is 5.94. The molecule has 2 aromatic heterocycles. The topological polar surface area (TPSA) is 57.5 Å². The Kier molecular flexibility index (Phi) is 6.90. The fourth-order valence-corrected chi connectivity index (χ4v) is 4.11. The van der Waals surface area contributed by atoms with Crippen LogP contribution >= 0.6 is 0 Å². The van der Waals surface area contributed by atoms with Crippen LogP contribution in [-0.2, 0) is 13.6 Å². The number of aromatic nitrogens is 3. The standard InChI is InChI=1S/C22H34N6O/c1-6-20-16-27(10-11-28(20)17(3)4)22(29)19-8-9-21(23-13-19)26(7-2)15-18-12-24-25(5)14-18/h8-9,12-14,17,20H,6-7,10-11,15-16H2,1-5H3/t20-/m0/s1. The van der Waals surface area contributed by atoms with Gasteiger partial charge >= 0.3 is 0 Å². The summed E-state index contributed by atoms with van der Waals surface area (Å²) in [5.74, 6) is 0.963. The number of pyridine rings is 1. The summed E-state index contributed by atoms with van der Waals surface area (Å²) in [6, 6.07) is 4.80. The van der Waals surface area contributed by atoms with Gasteiger partial charge in [0.1, 0.15) is 5.82 Å². The lowest BCUT2D eigenvalue weighted by Crippen LogP contribution is -2.56. The van der Waals surface area contributed by atoms with E-state index in [0.29, 0.717) is 17.6 Å². The van der Waals surface area contributed by atoms with E-state index in [-0.39, 0.29) is 5.91 Å². The number of aryl methyl sites for hydroxylation is 1. The minimum atomic E-state index is 0.0845. The van der Waals surface area contributed by atoms with Gasteiger partial charge in [0, 0.05) is 69.8 Å². The molecule has 1 fully saturated rings. The predicted octanol–water partition coefficient (Wildman–Crippen LogP) is 2.79. The van der Waals surface area contributed by atoms with Crippen LogP contribution in [0.3, 0.4) is 0 Å². The van der Waals surface area contributed by atoms with E-state index in [2.05, 4.69) is 47.6 Å². The highest BCUT2D eigenvalue weighted by Gasteiger charge is 2.30. The number of carbonyl (C=O) groups excluding carboxylic acids is 1. The summed E-state index contributed by atoms with van der Waals surface area (Å²) in [5.41, 5.74) is 1.81. The van der Waals surface area contributed by atoms with Crippen molar-refractivity contribution in [2.24, 2.45) is 7.05 Å². The summed E-state index contributed by atoms with van der Waals surface area (Å²) >= 11 is 0. The highest BCUT2D eigenvalue weighted by Crippen LogP contribution is 2.19. The molecule has 0 N–H and O–H groups in total. The molecule has 7 nitrogen and oxygen atoms in total. The monoisotopic (exact) mass is 398 g/mol. The Bertz CT molecular complexity index is 800. The Hall–Kier alpha value is -2.41. The van der Waals surface area contributed by atoms with E-state index in [0.717, 1.165) is 50.5 Å². The first-order valence-corrected chi connectivity index (χ1v) is 10.7. The summed E-state index contributed by atoms with van der Waals surface area (Å²) in [7, 11) is 1.92. The van der Waals surface area contributed by atoms with E-state index >= 15 is 0 Å². The van der Waals surface area contributed by atoms with E-state index in [9.17, 15) is 4.79 Å². The first kappa shape index (κ1) is 21.3. The molecule has 3 rings (SSSR count). The molecule has 7 heteroatoms. The molecule has 0 aromatic carbocycles. The third-order valence-electron chi connectivity index (χ3n) is 5.78. The summed E-state index contributed by atoms with van der Waals surface area (Å²) in [4.78, 5) is 24.3. The maximum Gasteiger partial charge on any atom is 0.255 e. The van der Waals surface area contributed by atoms with Crippen molar-refractivity contribution in [2.45, 2.75) is 52.7 Å². The van der Waals surface area contributed by atoms with Crippen LogP contribution in [0.1, 0.15) is 50.0 Å². The summed E-state index contributed by atoms with van der Waals surface area (Å²) < 4.78 is 1.81. The van der Waals surface area contributed by atoms with Crippen molar-refractivity contribution in [3.63, 3.8) is 0 Å². The lowest BCUT2D eigenvalue weighted by Gasteiger charge is -2.43. The van der Waals surface area contributed by atoms with Gasteiger partial charge in [0.15, 0.2) is 0 Å². The van der Waals surface area contributed by atoms with E-state index in [1.165, 1.54) is 0 Å². The Morgan fingerprint density at radius 1 is 1.24 bits per heavy atom. The van der Waals surface area contributed by atoms with Gasteiger partial charge in [-0.15, -0.1) is 0 Å². The summed E-state index contributed by atoms with van der Waals surface area (Å²) in [5, 5.41) is 4.23. The normalized spacial score (nSPS) is 17.7. The number of amides is 1. The second-order valence-corrected chi connectivity index (χ2v) is 8.09. The molecule has 0 spiro atoms. The fraction of sp³-hybridized carbons (Fsp3) is 0.591. The molecule has 158 valence electrons. The molecule has 29 heavy (non-hydrogen) atoms. The van der Waals surface area contributed by atoms with Crippen LogP contribution < -0.4 is 4.90 Å². The van der Waals surface area contributed by atoms with Gasteiger partial charge < -0.3 is 9.80 Å². The summed E-state index contributed by atoms with van der Waals surface area (Å²) in [6.45, 7) is 12.9. The molecule has 1 saturated heterocycles. The van der Waals surface area contributed by atoms with Crippen LogP contribution in [0.2, 0.25) is 0 Å². The van der Waals surface area contributed by atoms with Gasteiger partial charge in [0.2, 0.25) is 0 Å². The second kappa shape index (κ2) is 9.39. The van der Waals surface area contributed by atoms with Gasteiger partial charge in [0.05, 0.1) is 11.8 Å². The molecule has 0 radical (unpaired) electrons. The number of piperazine rings is 1. The van der Waals surface area contributed by atoms with Gasteiger partial charge in [-0.3, -0.25) is 14.4 Å². The number of hydrogen-bond acceptors (Lipinski definition) is 5. The van der Waals surface area contributed by atoms with E-state index in [1.807, 2.05) is 36.5 Å². The zero-order chi connectivity index (χ0) is 21.0. The minimum absolute atomic E-state index is 0.0845. The lowest BCUT2D eigenvalue weighted by molar-refractivity contribution is 0.0371. The van der Waals surface area contributed by atoms with Crippen molar-refractivity contribution in [3.8, 4) is 0 Å². The molecule has 0 aliphatic carbocycles. The molecule has 0 bridgehead atoms. The van der Waals surface area contributed by atoms with Crippen molar-refractivity contribution in [1.29, 1.82) is 0 Å². The molecule has 2 aromatic rings. The van der Waals surface area contributed by atoms with Crippen molar-refractivity contribution in [2.75, 3.05) is 31.1 Å². The van der Waals surface area contributed by atoms with Crippen molar-refractivity contribution < 1.29 is 4.79 Å². The van der Waals surface area contributed by atoms with Gasteiger partial charge in [-0.05, 0) is 39.3 Å². The lowest BCUT2D eigenvalue weighted by atomic mass is 10.1. The molecule has 0 saturated carbocycles. The second-order valence-electron chi connectivity index (χ2n) is 8.09. The van der Waals surface area contributed by atoms with Crippen LogP contribution in [0.15, 0.2) is 30.7 Å². The maximum atomic E-state index is 13.0. The van der Waals surface area contributed by atoms with Crippen LogP contribution in [0.5, 0.6) is 0 Å². The molecular weight excluding hydrogens is 364 g/mol. The molecule has 0 unspecified atom stereocenters. The highest BCUT2D eigenvalue weighted by atomic mass is 16.2. The van der Waals surface area contributed by atoms with Gasteiger partial charge in [-0.1, -0.05) is 6.92 Å². The van der Waals surface area contributed by atoms with Crippen molar-refractivity contribution in [1.82, 2.24) is 24.6 Å². The molecule has 3 heterocycles. The van der Waals surface area contributed by atoms with Crippen molar-refractivity contribution in [3.05, 3.63) is 41.9 Å². The molecule has 1 atom stereocenters. The summed E-state index contributed by atoms with van der Waals surface area (Å²) in [6.07, 6.45) is 6.67. The van der Waals surface area contributed by atoms with Crippen molar-refractivity contribution >= 4 is 11.7 Å². The molecule has 1 aliphatic rings. The fourth-order valence-electron chi connectivity index (χ4n) is 4.11. The Morgan fingerprint density at radius 3 is 2.59 bits per heavy atom. The third-order valence-corrected chi connectivity index (χ3v) is 5.78. The predicted molar refractivity (Wildman–Crippen MR) is 116 cm³/mol. The quantitative estimate of drug-likeness (QED) is 0.718. The average Bonchev–Trinajstić information content (AvgIpc) is 3.15. The SMILES string of the molecule is CC[C@H]1CN(C(=O)c2ccc(N(CC)Cc3cnn(C)c3)nc2)CCN1C(C)C. The Labute approximate surface area is 174 Å². The Balaban J connectivity index is 1.66. The van der Waals surface area contributed by atoms with Crippen LogP contribution in [0, 0.1) is 0 Å². The van der Waals surface area contributed by atoms with Crippen LogP contribution in [0.25, 0.3) is 0 Å². The minimum Gasteiger partial charge on any atom is -0.352 e. The first-order valence-electron chi connectivity index (χ1n) is 10.7. The maximum absolute atomic E-state index is 13.0. The van der Waals surface area contributed by atoms with Crippen LogP contribution in [-0.4, -0.2) is 68.7 Å². The van der Waals surface area contributed by atoms with Crippen LogP contribution in [0.4, 0.5) is 5.82 Å². The average molecular weight is 399 g/mol. The molecule has 1 aliphatic heterocycles. The van der Waals surface area contributed by atoms with E-state index in [4.69, 9.17) is 0 Å². The smallest absolute Gasteiger partial charge is 0.255 e. The molecular formula is C22H34N6O. The number of hydrogen-bond donors (Lipinski definition) is 0. The van der Waals surface area contributed by atoms with Gasteiger partial charge in [-0.25, -0.2) is 4.98 Å². The Morgan fingerprint density at radius 2 is 2.03 bits per heavy atom. The number of anilines is 1. The third kappa shape index (κ3) is 4.96. The number of carbonyl (C=O) groups is 1. The zero-order valence-corrected chi connectivity index (χ0v) is 18.4. The zero-order valence-electron chi connectivity index (χ0n) is 18.4. The number of nitrogens with zero attached hydrogens (tertiary/aromatic N) is 6. The van der Waals surface area contributed by atoms with Gasteiger partial charge in [0.25, 0.3) is 5.91 Å².